The molecule has 4 rings (SSSR count). The highest BCUT2D eigenvalue weighted by molar-refractivity contribution is 6.30. The lowest BCUT2D eigenvalue weighted by Crippen LogP contribution is -2.33. The number of fused-ring (bicyclic) bond motifs is 2. The molecular formula is C17H15ClN2O3. The van der Waals surface area contributed by atoms with Gasteiger partial charge in [-0.25, -0.2) is 4.79 Å². The van der Waals surface area contributed by atoms with Crippen LogP contribution in [0, 0.1) is 0 Å². The summed E-state index contributed by atoms with van der Waals surface area (Å²) in [6, 6.07) is 9.24. The van der Waals surface area contributed by atoms with E-state index < -0.39 is 11.6 Å². The number of carbonyl (C=O) groups is 1. The third-order valence-electron chi connectivity index (χ3n) is 4.36. The van der Waals surface area contributed by atoms with Gasteiger partial charge in [-0.3, -0.25) is 0 Å². The van der Waals surface area contributed by atoms with Gasteiger partial charge in [0.15, 0.2) is 0 Å². The smallest absolute Gasteiger partial charge is 0.377 e. The number of hydrogen-bond acceptors (Lipinski definition) is 5. The van der Waals surface area contributed by atoms with Crippen molar-refractivity contribution in [3.8, 4) is 0 Å². The molecule has 2 saturated heterocycles. The number of ether oxygens (including phenoxy) is 1. The van der Waals surface area contributed by atoms with Gasteiger partial charge in [-0.1, -0.05) is 28.9 Å². The molecule has 5 nitrogen and oxygen atoms in total. The highest BCUT2D eigenvalue weighted by Crippen LogP contribution is 2.43. The standard InChI is InChI=1S/C17H15ClN2O3/c18-13-3-1-2-12(8-13)9-14-10-17(5-7-20(14)11-17)22-16(21)15-4-6-19-23-15/h1-4,6,8-9H,5,7,10-11H2/b14-9-. The van der Waals surface area contributed by atoms with Gasteiger partial charge in [-0.15, -0.1) is 0 Å². The number of piperidine rings is 1. The first-order chi connectivity index (χ1) is 11.1. The molecule has 0 aliphatic carbocycles. The zero-order chi connectivity index (χ0) is 15.9. The van der Waals surface area contributed by atoms with Crippen molar-refractivity contribution in [2.75, 3.05) is 13.1 Å². The molecule has 0 spiro atoms. The first kappa shape index (κ1) is 14.3. The summed E-state index contributed by atoms with van der Waals surface area (Å²) in [5.41, 5.74) is 1.76. The number of halogens is 1. The van der Waals surface area contributed by atoms with Gasteiger partial charge in [0, 0.05) is 36.2 Å². The number of benzene rings is 1. The molecule has 0 saturated carbocycles. The van der Waals surface area contributed by atoms with Crippen molar-refractivity contribution in [3.05, 3.63) is 58.6 Å². The topological polar surface area (TPSA) is 55.6 Å². The average molecular weight is 331 g/mol. The first-order valence-corrected chi connectivity index (χ1v) is 7.87. The summed E-state index contributed by atoms with van der Waals surface area (Å²) >= 11 is 6.03. The van der Waals surface area contributed by atoms with Crippen LogP contribution in [0.25, 0.3) is 6.08 Å². The van der Waals surface area contributed by atoms with Gasteiger partial charge in [0.2, 0.25) is 5.76 Å². The van der Waals surface area contributed by atoms with Gasteiger partial charge in [-0.05, 0) is 23.8 Å². The molecule has 0 N–H and O–H groups in total. The fourth-order valence-electron chi connectivity index (χ4n) is 3.29. The molecule has 2 aromatic rings. The summed E-state index contributed by atoms with van der Waals surface area (Å²) < 4.78 is 10.6. The Kier molecular flexibility index (Phi) is 3.38. The van der Waals surface area contributed by atoms with E-state index in [0.29, 0.717) is 11.4 Å². The van der Waals surface area contributed by atoms with Crippen LogP contribution in [0.4, 0.5) is 0 Å². The Bertz CT molecular complexity index is 772. The number of aromatic nitrogens is 1. The van der Waals surface area contributed by atoms with Crippen LogP contribution >= 0.6 is 11.6 Å². The number of rotatable bonds is 3. The van der Waals surface area contributed by atoms with Crippen LogP contribution in [0.5, 0.6) is 0 Å². The molecule has 1 atom stereocenters. The Morgan fingerprint density at radius 1 is 1.43 bits per heavy atom. The zero-order valence-electron chi connectivity index (χ0n) is 12.4. The number of nitrogens with zero attached hydrogens (tertiary/aromatic N) is 2. The van der Waals surface area contributed by atoms with Crippen LogP contribution in [0.15, 0.2) is 46.7 Å². The normalized spacial score (nSPS) is 24.4. The predicted molar refractivity (Wildman–Crippen MR) is 84.9 cm³/mol. The summed E-state index contributed by atoms with van der Waals surface area (Å²) in [5.74, 6) is -0.307. The zero-order valence-corrected chi connectivity index (χ0v) is 13.1. The van der Waals surface area contributed by atoms with E-state index in [2.05, 4.69) is 16.1 Å². The molecule has 1 aromatic carbocycles. The Morgan fingerprint density at radius 3 is 3.13 bits per heavy atom. The third-order valence-corrected chi connectivity index (χ3v) is 4.59. The SMILES string of the molecule is O=C(OC12CCN(C1)/C(=C\c1cccc(Cl)c1)C2)c1ccno1. The summed E-state index contributed by atoms with van der Waals surface area (Å²) in [6.45, 7) is 1.61. The van der Waals surface area contributed by atoms with Crippen LogP contribution < -0.4 is 0 Å². The summed E-state index contributed by atoms with van der Waals surface area (Å²) in [4.78, 5) is 14.4. The second-order valence-corrected chi connectivity index (χ2v) is 6.42. The minimum Gasteiger partial charge on any atom is -0.451 e. The molecule has 2 bridgehead atoms. The average Bonchev–Trinajstić information content (AvgIpc) is 3.22. The van der Waals surface area contributed by atoms with Crippen LogP contribution in [-0.2, 0) is 4.74 Å². The van der Waals surface area contributed by atoms with Crippen molar-refractivity contribution in [2.45, 2.75) is 18.4 Å². The maximum absolute atomic E-state index is 12.1. The Morgan fingerprint density at radius 2 is 2.35 bits per heavy atom. The van der Waals surface area contributed by atoms with E-state index in [4.69, 9.17) is 20.9 Å². The molecule has 0 amide bonds. The quantitative estimate of drug-likeness (QED) is 0.808. The largest absolute Gasteiger partial charge is 0.451 e. The molecule has 2 aliphatic heterocycles. The van der Waals surface area contributed by atoms with E-state index in [1.165, 1.54) is 18.0 Å². The number of esters is 1. The van der Waals surface area contributed by atoms with Gasteiger partial charge in [0.05, 0.1) is 12.7 Å². The maximum atomic E-state index is 12.1. The second kappa shape index (κ2) is 5.42. The van der Waals surface area contributed by atoms with Gasteiger partial charge in [-0.2, -0.15) is 0 Å². The van der Waals surface area contributed by atoms with E-state index in [1.807, 2.05) is 24.3 Å². The van der Waals surface area contributed by atoms with E-state index >= 15 is 0 Å². The molecule has 3 heterocycles. The van der Waals surface area contributed by atoms with Gasteiger partial charge in [0.1, 0.15) is 5.60 Å². The van der Waals surface area contributed by atoms with E-state index in [-0.39, 0.29) is 5.76 Å². The molecular weight excluding hydrogens is 316 g/mol. The lowest BCUT2D eigenvalue weighted by atomic mass is 9.96. The summed E-state index contributed by atoms with van der Waals surface area (Å²) in [7, 11) is 0. The van der Waals surface area contributed by atoms with Crippen molar-refractivity contribution in [1.29, 1.82) is 0 Å². The fraction of sp³-hybridized carbons (Fsp3) is 0.294. The van der Waals surface area contributed by atoms with Crippen LogP contribution in [-0.4, -0.2) is 34.7 Å². The van der Waals surface area contributed by atoms with Crippen molar-refractivity contribution in [2.24, 2.45) is 0 Å². The van der Waals surface area contributed by atoms with Crippen molar-refractivity contribution in [3.63, 3.8) is 0 Å². The summed E-state index contributed by atoms with van der Waals surface area (Å²) in [6.07, 6.45) is 5.09. The van der Waals surface area contributed by atoms with Crippen molar-refractivity contribution < 1.29 is 14.1 Å². The summed E-state index contributed by atoms with van der Waals surface area (Å²) in [5, 5.41) is 4.26. The molecule has 2 aliphatic rings. The van der Waals surface area contributed by atoms with Crippen LogP contribution in [0.2, 0.25) is 5.02 Å². The van der Waals surface area contributed by atoms with Gasteiger partial charge >= 0.3 is 5.97 Å². The highest BCUT2D eigenvalue weighted by atomic mass is 35.5. The Labute approximate surface area is 138 Å². The van der Waals surface area contributed by atoms with Crippen LogP contribution in [0.1, 0.15) is 29.0 Å². The fourth-order valence-corrected chi connectivity index (χ4v) is 3.49. The predicted octanol–water partition coefficient (Wildman–Crippen LogP) is 3.37. The minimum atomic E-state index is -0.464. The lowest BCUT2D eigenvalue weighted by Gasteiger charge is -2.25. The van der Waals surface area contributed by atoms with Crippen LogP contribution in [0.3, 0.4) is 0 Å². The van der Waals surface area contributed by atoms with E-state index in [1.54, 1.807) is 0 Å². The van der Waals surface area contributed by atoms with E-state index in [0.717, 1.165) is 25.1 Å². The Hall–Kier alpha value is -2.27. The maximum Gasteiger partial charge on any atom is 0.377 e. The van der Waals surface area contributed by atoms with Gasteiger partial charge in [0.25, 0.3) is 0 Å². The molecule has 0 radical (unpaired) electrons. The second-order valence-electron chi connectivity index (χ2n) is 5.99. The molecule has 118 valence electrons. The molecule has 6 heteroatoms. The third kappa shape index (κ3) is 2.72. The number of carbonyl (C=O) groups excluding carboxylic acids is 1. The Balaban J connectivity index is 1.53. The lowest BCUT2D eigenvalue weighted by molar-refractivity contribution is -0.00827. The molecule has 1 aromatic heterocycles. The first-order valence-electron chi connectivity index (χ1n) is 7.49. The minimum absolute atomic E-state index is 0.144. The molecule has 23 heavy (non-hydrogen) atoms. The van der Waals surface area contributed by atoms with E-state index in [9.17, 15) is 4.79 Å². The highest BCUT2D eigenvalue weighted by Gasteiger charge is 2.49. The monoisotopic (exact) mass is 330 g/mol. The van der Waals surface area contributed by atoms with Crippen molar-refractivity contribution >= 4 is 23.6 Å². The number of hydrogen-bond donors (Lipinski definition) is 0. The molecule has 2 fully saturated rings. The van der Waals surface area contributed by atoms with Gasteiger partial charge < -0.3 is 14.2 Å². The molecule has 1 unspecified atom stereocenters. The van der Waals surface area contributed by atoms with Crippen molar-refractivity contribution in [1.82, 2.24) is 10.1 Å².